The average molecular weight is 503 g/mol. The Morgan fingerprint density at radius 3 is 2.44 bits per heavy atom. The number of aliphatic hydroxyl groups excluding tert-OH is 1. The number of amides is 2. The number of carbonyl (C=O) groups is 2. The van der Waals surface area contributed by atoms with Gasteiger partial charge in [-0.25, -0.2) is 0 Å². The average Bonchev–Trinajstić information content (AvgIpc) is 3.54. The molecule has 3 heterocycles. The van der Waals surface area contributed by atoms with Crippen molar-refractivity contribution in [3.05, 3.63) is 66.0 Å². The molecule has 2 amide bonds. The first-order chi connectivity index (χ1) is 17.4. The lowest BCUT2D eigenvalue weighted by Crippen LogP contribution is -2.34. The van der Waals surface area contributed by atoms with E-state index in [9.17, 15) is 14.7 Å². The zero-order valence-electron chi connectivity index (χ0n) is 20.7. The van der Waals surface area contributed by atoms with Crippen LogP contribution >= 0.6 is 11.8 Å². The Balaban J connectivity index is 1.68. The molecule has 0 saturated heterocycles. The first kappa shape index (κ1) is 24.4. The van der Waals surface area contributed by atoms with E-state index in [1.54, 1.807) is 18.0 Å². The lowest BCUT2D eigenvalue weighted by Gasteiger charge is -2.22. The molecule has 186 valence electrons. The number of imide groups is 1. The van der Waals surface area contributed by atoms with Crippen molar-refractivity contribution in [2.24, 2.45) is 0 Å². The Morgan fingerprint density at radius 2 is 1.72 bits per heavy atom. The van der Waals surface area contributed by atoms with Gasteiger partial charge in [-0.3, -0.25) is 14.9 Å². The van der Waals surface area contributed by atoms with Crippen molar-refractivity contribution in [1.82, 2.24) is 19.8 Å². The third kappa shape index (κ3) is 4.25. The highest BCUT2D eigenvalue weighted by Crippen LogP contribution is 2.39. The fraction of sp³-hybridized carbons (Fsp3) is 0.286. The second kappa shape index (κ2) is 9.97. The summed E-state index contributed by atoms with van der Waals surface area (Å²) >= 11 is 1.62. The molecule has 0 aliphatic carbocycles. The Labute approximate surface area is 214 Å². The number of aromatic nitrogens is 2. The van der Waals surface area contributed by atoms with Crippen LogP contribution in [0, 0.1) is 0 Å². The van der Waals surface area contributed by atoms with E-state index < -0.39 is 17.9 Å². The van der Waals surface area contributed by atoms with Gasteiger partial charge in [0.25, 0.3) is 11.8 Å². The van der Waals surface area contributed by atoms with E-state index in [1.807, 2.05) is 53.4 Å². The number of aliphatic hydroxyl groups is 1. The predicted molar refractivity (Wildman–Crippen MR) is 146 cm³/mol. The molecule has 8 heteroatoms. The molecule has 7 nitrogen and oxygen atoms in total. The second-order valence-electron chi connectivity index (χ2n) is 9.00. The van der Waals surface area contributed by atoms with Crippen LogP contribution in [0.5, 0.6) is 0 Å². The van der Waals surface area contributed by atoms with Crippen LogP contribution in [-0.4, -0.2) is 63.4 Å². The van der Waals surface area contributed by atoms with Gasteiger partial charge in [0.2, 0.25) is 0 Å². The van der Waals surface area contributed by atoms with Crippen molar-refractivity contribution in [1.29, 1.82) is 0 Å². The smallest absolute Gasteiger partial charge is 0.259 e. The van der Waals surface area contributed by atoms with Crippen LogP contribution in [0.15, 0.2) is 59.8 Å². The fourth-order valence-corrected chi connectivity index (χ4v) is 5.51. The topological polar surface area (TPSA) is 90.4 Å². The predicted octanol–water partition coefficient (Wildman–Crippen LogP) is 4.11. The molecular formula is C28H30N4O3S. The first-order valence-electron chi connectivity index (χ1n) is 12.2. The normalized spacial score (nSPS) is 15.0. The Hall–Kier alpha value is -3.33. The van der Waals surface area contributed by atoms with E-state index in [4.69, 9.17) is 0 Å². The molecule has 0 fully saturated rings. The van der Waals surface area contributed by atoms with Gasteiger partial charge in [0.15, 0.2) is 0 Å². The molecule has 3 N–H and O–H groups in total. The van der Waals surface area contributed by atoms with Crippen LogP contribution in [0.3, 0.4) is 0 Å². The van der Waals surface area contributed by atoms with E-state index in [1.165, 1.54) is 0 Å². The third-order valence-electron chi connectivity index (χ3n) is 6.92. The van der Waals surface area contributed by atoms with Crippen molar-refractivity contribution in [3.8, 4) is 0 Å². The van der Waals surface area contributed by atoms with Crippen LogP contribution in [0.1, 0.15) is 25.0 Å². The Bertz CT molecular complexity index is 1500. The van der Waals surface area contributed by atoms with Gasteiger partial charge in [-0.2, -0.15) is 0 Å². The van der Waals surface area contributed by atoms with Gasteiger partial charge in [0.05, 0.1) is 17.3 Å². The number of aromatic amines is 1. The summed E-state index contributed by atoms with van der Waals surface area (Å²) in [5, 5.41) is 15.2. The van der Waals surface area contributed by atoms with Gasteiger partial charge in [0, 0.05) is 63.3 Å². The maximum Gasteiger partial charge on any atom is 0.259 e. The van der Waals surface area contributed by atoms with Crippen molar-refractivity contribution in [2.45, 2.75) is 31.4 Å². The lowest BCUT2D eigenvalue weighted by atomic mass is 9.95. The molecule has 1 atom stereocenters. The number of nitrogens with zero attached hydrogens (tertiary/aromatic N) is 2. The van der Waals surface area contributed by atoms with Gasteiger partial charge in [-0.1, -0.05) is 32.0 Å². The number of benzene rings is 2. The summed E-state index contributed by atoms with van der Waals surface area (Å²) in [5.41, 5.74) is 3.95. The summed E-state index contributed by atoms with van der Waals surface area (Å²) in [4.78, 5) is 32.8. The zero-order valence-corrected chi connectivity index (χ0v) is 21.5. The van der Waals surface area contributed by atoms with Crippen molar-refractivity contribution < 1.29 is 14.7 Å². The first-order valence-corrected chi connectivity index (χ1v) is 13.4. The Morgan fingerprint density at radius 1 is 1.00 bits per heavy atom. The summed E-state index contributed by atoms with van der Waals surface area (Å²) in [6, 6.07) is 13.9. The molecule has 36 heavy (non-hydrogen) atoms. The van der Waals surface area contributed by atoms with E-state index in [2.05, 4.69) is 35.1 Å². The van der Waals surface area contributed by atoms with E-state index in [-0.39, 0.29) is 0 Å². The number of H-pyrrole nitrogens is 1. The third-order valence-corrected chi connectivity index (χ3v) is 7.64. The maximum atomic E-state index is 13.2. The number of hydrogen-bond acceptors (Lipinski definition) is 5. The molecule has 5 rings (SSSR count). The summed E-state index contributed by atoms with van der Waals surface area (Å²) in [5.74, 6) is -0.805. The van der Waals surface area contributed by atoms with E-state index >= 15 is 0 Å². The minimum absolute atomic E-state index is 0.366. The standard InChI is InChI=1S/C28H30N4O3S/c1-4-31(5-2)14-17(33)15-32-16-22(20-12-18(36-3)10-11-24(20)32)26-25(27(34)30-28(26)35)21-13-29-23-9-7-6-8-19(21)23/h6-13,16-17,29,33H,4-5,14-15H2,1-3H3,(H,30,34,35). The SMILES string of the molecule is CCN(CC)CC(O)Cn1cc(C2=C(c3c[nH]c4ccccc34)C(=O)NC2=O)c2cc(SC)ccc21. The van der Waals surface area contributed by atoms with Crippen LogP contribution in [0.2, 0.25) is 0 Å². The largest absolute Gasteiger partial charge is 0.390 e. The van der Waals surface area contributed by atoms with Gasteiger partial charge < -0.3 is 19.6 Å². The number of hydrogen-bond donors (Lipinski definition) is 3. The molecule has 1 unspecified atom stereocenters. The summed E-state index contributed by atoms with van der Waals surface area (Å²) < 4.78 is 2.00. The van der Waals surface area contributed by atoms with Crippen LogP contribution in [0.4, 0.5) is 0 Å². The van der Waals surface area contributed by atoms with Crippen LogP contribution in [0.25, 0.3) is 33.0 Å². The Kier molecular flexibility index (Phi) is 6.75. The van der Waals surface area contributed by atoms with Gasteiger partial charge >= 0.3 is 0 Å². The molecule has 1 aliphatic heterocycles. The number of thioether (sulfide) groups is 1. The quantitative estimate of drug-likeness (QED) is 0.237. The second-order valence-corrected chi connectivity index (χ2v) is 9.88. The molecule has 0 radical (unpaired) electrons. The summed E-state index contributed by atoms with van der Waals surface area (Å²) in [7, 11) is 0. The highest BCUT2D eigenvalue weighted by Gasteiger charge is 2.35. The number of nitrogens with one attached hydrogen (secondary N) is 2. The number of likely N-dealkylation sites (N-methyl/N-ethyl adjacent to an activating group) is 1. The van der Waals surface area contributed by atoms with Gasteiger partial charge in [-0.15, -0.1) is 11.8 Å². The molecule has 0 spiro atoms. The molecule has 1 aliphatic rings. The van der Waals surface area contributed by atoms with Crippen molar-refractivity contribution >= 4 is 56.5 Å². The van der Waals surface area contributed by atoms with E-state index in [0.29, 0.717) is 35.4 Å². The summed E-state index contributed by atoms with van der Waals surface area (Å²) in [6.07, 6.45) is 5.13. The van der Waals surface area contributed by atoms with Crippen LogP contribution in [-0.2, 0) is 16.1 Å². The number of para-hydroxylation sites is 1. The monoisotopic (exact) mass is 502 g/mol. The van der Waals surface area contributed by atoms with Crippen LogP contribution < -0.4 is 5.32 Å². The minimum Gasteiger partial charge on any atom is -0.390 e. The van der Waals surface area contributed by atoms with Gasteiger partial charge in [0.1, 0.15) is 0 Å². The number of carbonyl (C=O) groups excluding carboxylic acids is 2. The molecule has 2 aromatic carbocycles. The molecule has 0 bridgehead atoms. The molecular weight excluding hydrogens is 472 g/mol. The maximum absolute atomic E-state index is 13.2. The molecule has 0 saturated carbocycles. The highest BCUT2D eigenvalue weighted by molar-refractivity contribution is 7.98. The molecule has 4 aromatic rings. The fourth-order valence-electron chi connectivity index (χ4n) is 5.07. The summed E-state index contributed by atoms with van der Waals surface area (Å²) in [6.45, 7) is 6.84. The zero-order chi connectivity index (χ0) is 25.4. The number of fused-ring (bicyclic) bond motifs is 2. The van der Waals surface area contributed by atoms with E-state index in [0.717, 1.165) is 39.8 Å². The van der Waals surface area contributed by atoms with Crippen molar-refractivity contribution in [2.75, 3.05) is 25.9 Å². The number of rotatable bonds is 9. The van der Waals surface area contributed by atoms with Gasteiger partial charge in [-0.05, 0) is 43.6 Å². The van der Waals surface area contributed by atoms with Crippen molar-refractivity contribution in [3.63, 3.8) is 0 Å². The molecule has 2 aromatic heterocycles. The lowest BCUT2D eigenvalue weighted by molar-refractivity contribution is -0.122. The minimum atomic E-state index is -0.574. The highest BCUT2D eigenvalue weighted by atomic mass is 32.2.